The molecule has 2 rings (SSSR count). The van der Waals surface area contributed by atoms with Gasteiger partial charge < -0.3 is 24.9 Å². The van der Waals surface area contributed by atoms with Crippen molar-refractivity contribution in [3.05, 3.63) is 54.5 Å². The Morgan fingerprint density at radius 1 is 0.958 bits per heavy atom. The lowest BCUT2D eigenvalue weighted by molar-refractivity contribution is -0.104. The molecular formula is C16H23BN2O5. The third-order valence-electron chi connectivity index (χ3n) is 3.51. The van der Waals surface area contributed by atoms with Gasteiger partial charge in [0.15, 0.2) is 0 Å². The Morgan fingerprint density at radius 2 is 1.50 bits per heavy atom. The van der Waals surface area contributed by atoms with Crippen molar-refractivity contribution in [2.75, 3.05) is 0 Å². The highest BCUT2D eigenvalue weighted by atomic mass is 16.5. The van der Waals surface area contributed by atoms with Crippen LogP contribution in [-0.2, 0) is 6.42 Å². The summed E-state index contributed by atoms with van der Waals surface area (Å²) in [6.45, 7) is 5.34. The molecule has 2 aromatic rings. The van der Waals surface area contributed by atoms with Gasteiger partial charge in [-0.3, -0.25) is 4.98 Å². The first-order chi connectivity index (χ1) is 11.1. The fraction of sp³-hybridized carbons (Fsp3) is 0.375. The number of pyridine rings is 2. The number of aromatic nitrogens is 2. The van der Waals surface area contributed by atoms with Crippen LogP contribution < -0.4 is 4.74 Å². The van der Waals surface area contributed by atoms with Crippen LogP contribution in [0.5, 0.6) is 5.88 Å². The highest BCUT2D eigenvalue weighted by Gasteiger charge is 2.42. The van der Waals surface area contributed by atoms with Gasteiger partial charge in [-0.05, 0) is 39.0 Å². The second-order valence-corrected chi connectivity index (χ2v) is 5.90. The molecule has 8 heteroatoms. The number of hydrogen-bond donors (Lipinski definition) is 4. The minimum absolute atomic E-state index is 0.494. The molecule has 24 heavy (non-hydrogen) atoms. The van der Waals surface area contributed by atoms with E-state index in [0.717, 1.165) is 5.69 Å². The summed E-state index contributed by atoms with van der Waals surface area (Å²) in [4.78, 5) is 8.47. The van der Waals surface area contributed by atoms with E-state index in [0.29, 0.717) is 12.3 Å². The van der Waals surface area contributed by atoms with E-state index >= 15 is 0 Å². The third-order valence-corrected chi connectivity index (χ3v) is 3.51. The van der Waals surface area contributed by atoms with Gasteiger partial charge in [-0.15, -0.1) is 0 Å². The maximum atomic E-state index is 10.5. The number of hydrogen-bond acceptors (Lipinski definition) is 7. The molecule has 7 nitrogen and oxygen atoms in total. The summed E-state index contributed by atoms with van der Waals surface area (Å²) in [6.07, 6.45) is 3.90. The van der Waals surface area contributed by atoms with Gasteiger partial charge in [0.05, 0.1) is 5.60 Å². The summed E-state index contributed by atoms with van der Waals surface area (Å²) >= 11 is 0. The smallest absolute Gasteiger partial charge is 0.468 e. The average Bonchev–Trinajstić information content (AvgIpc) is 2.47. The van der Waals surface area contributed by atoms with Crippen molar-refractivity contribution in [3.63, 3.8) is 0 Å². The maximum absolute atomic E-state index is 10.5. The van der Waals surface area contributed by atoms with E-state index in [1.165, 1.54) is 0 Å². The van der Waals surface area contributed by atoms with Crippen molar-refractivity contribution in [2.24, 2.45) is 0 Å². The second-order valence-electron chi connectivity index (χ2n) is 5.90. The summed E-state index contributed by atoms with van der Waals surface area (Å²) < 4.78 is 5.97. The summed E-state index contributed by atoms with van der Waals surface area (Å²) in [5.41, 5.74) is -0.995. The summed E-state index contributed by atoms with van der Waals surface area (Å²) in [7, 11) is -2.17. The highest BCUT2D eigenvalue weighted by Crippen LogP contribution is 2.30. The fourth-order valence-electron chi connectivity index (χ4n) is 1.86. The predicted octanol–water partition coefficient (Wildman–Crippen LogP) is 0.576. The van der Waals surface area contributed by atoms with Gasteiger partial charge in [-0.1, -0.05) is 12.1 Å². The predicted molar refractivity (Wildman–Crippen MR) is 89.9 cm³/mol. The molecule has 130 valence electrons. The van der Waals surface area contributed by atoms with Gasteiger partial charge in [-0.2, -0.15) is 0 Å². The zero-order valence-electron chi connectivity index (χ0n) is 14.0. The number of ether oxygens (including phenoxy) is 1. The van der Waals surface area contributed by atoms with Crippen molar-refractivity contribution in [1.29, 1.82) is 0 Å². The minimum Gasteiger partial charge on any atom is -0.468 e. The molecular weight excluding hydrogens is 311 g/mol. The van der Waals surface area contributed by atoms with E-state index in [2.05, 4.69) is 9.97 Å². The summed E-state index contributed by atoms with van der Waals surface area (Å²) in [6, 6.07) is 11.2. The Hall–Kier alpha value is -2.00. The molecule has 0 fully saturated rings. The van der Waals surface area contributed by atoms with Gasteiger partial charge in [0.2, 0.25) is 5.88 Å². The molecule has 0 saturated heterocycles. The molecule has 0 spiro atoms. The molecule has 4 N–H and O–H groups in total. The first kappa shape index (κ1) is 20.1. The quantitative estimate of drug-likeness (QED) is 0.591. The molecule has 1 unspecified atom stereocenters. The summed E-state index contributed by atoms with van der Waals surface area (Å²) in [5.74, 6) is 0.494. The first-order valence-corrected chi connectivity index (χ1v) is 7.40. The fourth-order valence-corrected chi connectivity index (χ4v) is 1.86. The van der Waals surface area contributed by atoms with Crippen molar-refractivity contribution in [1.82, 2.24) is 9.97 Å². The van der Waals surface area contributed by atoms with E-state index in [1.807, 2.05) is 37.3 Å². The molecule has 0 amide bonds. The Kier molecular flexibility index (Phi) is 7.31. The topological polar surface area (TPSA) is 116 Å². The first-order valence-electron chi connectivity index (χ1n) is 7.40. The molecule has 0 radical (unpaired) electrons. The molecule has 0 bridgehead atoms. The van der Waals surface area contributed by atoms with E-state index < -0.39 is 18.5 Å². The van der Waals surface area contributed by atoms with Crippen LogP contribution in [-0.4, -0.2) is 48.7 Å². The van der Waals surface area contributed by atoms with E-state index in [1.54, 1.807) is 32.3 Å². The Bertz CT molecular complexity index is 546. The van der Waals surface area contributed by atoms with Crippen LogP contribution in [0.2, 0.25) is 0 Å². The second kappa shape index (κ2) is 8.74. The minimum atomic E-state index is -2.17. The van der Waals surface area contributed by atoms with Gasteiger partial charge in [0.1, 0.15) is 5.60 Å². The van der Waals surface area contributed by atoms with Gasteiger partial charge in [0, 0.05) is 30.6 Å². The van der Waals surface area contributed by atoms with Gasteiger partial charge in [-0.25, -0.2) is 4.98 Å². The van der Waals surface area contributed by atoms with Crippen molar-refractivity contribution in [2.45, 2.75) is 38.4 Å². The lowest BCUT2D eigenvalue weighted by Gasteiger charge is -2.40. The van der Waals surface area contributed by atoms with E-state index in [4.69, 9.17) is 19.8 Å². The van der Waals surface area contributed by atoms with Gasteiger partial charge in [0.25, 0.3) is 0 Å². The molecule has 0 aromatic carbocycles. The van der Waals surface area contributed by atoms with E-state index in [-0.39, 0.29) is 0 Å². The van der Waals surface area contributed by atoms with Crippen molar-refractivity contribution in [3.8, 4) is 5.88 Å². The highest BCUT2D eigenvalue weighted by molar-refractivity contribution is 6.30. The third kappa shape index (κ3) is 6.63. The molecule has 0 aliphatic heterocycles. The Balaban J connectivity index is 0.000000648. The Labute approximate surface area is 141 Å². The number of nitrogens with zero attached hydrogens (tertiary/aromatic N) is 2. The van der Waals surface area contributed by atoms with Crippen LogP contribution in [0.15, 0.2) is 48.8 Å². The summed E-state index contributed by atoms with van der Waals surface area (Å²) in [5, 5.41) is 32.0. The van der Waals surface area contributed by atoms with Crippen LogP contribution >= 0.6 is 0 Å². The van der Waals surface area contributed by atoms with Crippen molar-refractivity contribution >= 4 is 7.32 Å². The lowest BCUT2D eigenvalue weighted by Crippen LogP contribution is -2.54. The van der Waals surface area contributed by atoms with Crippen LogP contribution in [0.1, 0.15) is 26.5 Å². The maximum Gasteiger partial charge on any atom is 0.631 e. The zero-order chi connectivity index (χ0) is 18.2. The number of rotatable bonds is 5. The normalized spacial score (nSPS) is 13.3. The molecule has 0 aliphatic rings. The van der Waals surface area contributed by atoms with Crippen LogP contribution in [0.4, 0.5) is 0 Å². The van der Waals surface area contributed by atoms with Crippen LogP contribution in [0, 0.1) is 0 Å². The average molecular weight is 334 g/mol. The monoisotopic (exact) mass is 334 g/mol. The molecule has 0 saturated carbocycles. The zero-order valence-corrected chi connectivity index (χ0v) is 14.0. The SMILES string of the molecule is CC(C)(O)C(C)(Cc1ccccn1)Oc1ccccn1.OB(O)O. The van der Waals surface area contributed by atoms with Crippen LogP contribution in [0.3, 0.4) is 0 Å². The van der Waals surface area contributed by atoms with Crippen molar-refractivity contribution < 1.29 is 24.9 Å². The Morgan fingerprint density at radius 3 is 1.92 bits per heavy atom. The largest absolute Gasteiger partial charge is 0.631 e. The molecule has 0 aliphatic carbocycles. The standard InChI is InChI=1S/C16H20N2O2.BH3O3/c1-15(2,19)16(3,12-13-8-4-6-10-17-13)20-14-9-5-7-11-18-14;2-1(3)4/h4-11,19H,12H2,1-3H3;2-4H. The molecule has 1 atom stereocenters. The van der Waals surface area contributed by atoms with Crippen LogP contribution in [0.25, 0.3) is 0 Å². The number of aliphatic hydroxyl groups is 1. The molecule has 2 aromatic heterocycles. The lowest BCUT2D eigenvalue weighted by atomic mass is 9.83. The van der Waals surface area contributed by atoms with E-state index in [9.17, 15) is 5.11 Å². The van der Waals surface area contributed by atoms with Gasteiger partial charge >= 0.3 is 7.32 Å². The molecule has 2 heterocycles.